The Hall–Kier alpha value is -0.280. The fraction of sp³-hybridized carbons (Fsp3) is 0.333. The highest BCUT2D eigenvalue weighted by atomic mass is 79.9. The molecule has 1 aromatic carbocycles. The van der Waals surface area contributed by atoms with E-state index < -0.39 is 0 Å². The van der Waals surface area contributed by atoms with E-state index in [1.54, 1.807) is 0 Å². The van der Waals surface area contributed by atoms with Crippen LogP contribution < -0.4 is 0 Å². The molecule has 0 fully saturated rings. The zero-order valence-electron chi connectivity index (χ0n) is 8.48. The SMILES string of the molecule is Cc1c(Br)c2cc(Br)cc3c2n1CCC3. The van der Waals surface area contributed by atoms with Crippen LogP contribution in [-0.2, 0) is 13.0 Å². The van der Waals surface area contributed by atoms with Crippen molar-refractivity contribution in [1.29, 1.82) is 0 Å². The molecule has 15 heavy (non-hydrogen) atoms. The molecule has 1 aromatic heterocycles. The average Bonchev–Trinajstić information content (AvgIpc) is 2.46. The third-order valence-electron chi connectivity index (χ3n) is 3.21. The van der Waals surface area contributed by atoms with Crippen LogP contribution in [-0.4, -0.2) is 4.57 Å². The van der Waals surface area contributed by atoms with E-state index in [0.29, 0.717) is 0 Å². The van der Waals surface area contributed by atoms with Crippen molar-refractivity contribution in [1.82, 2.24) is 4.57 Å². The Kier molecular flexibility index (Phi) is 2.22. The summed E-state index contributed by atoms with van der Waals surface area (Å²) in [6.07, 6.45) is 2.45. The second-order valence-corrected chi connectivity index (χ2v) is 5.82. The lowest BCUT2D eigenvalue weighted by molar-refractivity contribution is 0.622. The minimum Gasteiger partial charge on any atom is -0.343 e. The summed E-state index contributed by atoms with van der Waals surface area (Å²) in [5, 5.41) is 1.34. The molecule has 0 radical (unpaired) electrons. The molecule has 1 aliphatic heterocycles. The summed E-state index contributed by atoms with van der Waals surface area (Å²) in [7, 11) is 0. The molecule has 1 aliphatic rings. The van der Waals surface area contributed by atoms with Crippen molar-refractivity contribution in [2.75, 3.05) is 0 Å². The van der Waals surface area contributed by atoms with Gasteiger partial charge in [0.1, 0.15) is 0 Å². The fourth-order valence-electron chi connectivity index (χ4n) is 2.52. The van der Waals surface area contributed by atoms with Gasteiger partial charge in [0, 0.05) is 26.6 Å². The first-order valence-corrected chi connectivity index (χ1v) is 6.74. The molecule has 0 saturated heterocycles. The Morgan fingerprint density at radius 1 is 1.27 bits per heavy atom. The van der Waals surface area contributed by atoms with E-state index in [9.17, 15) is 0 Å². The van der Waals surface area contributed by atoms with Gasteiger partial charge < -0.3 is 4.57 Å². The molecule has 0 amide bonds. The van der Waals surface area contributed by atoms with Gasteiger partial charge in [0.05, 0.1) is 5.52 Å². The monoisotopic (exact) mass is 327 g/mol. The van der Waals surface area contributed by atoms with Crippen LogP contribution in [0.4, 0.5) is 0 Å². The van der Waals surface area contributed by atoms with Gasteiger partial charge >= 0.3 is 0 Å². The van der Waals surface area contributed by atoms with Gasteiger partial charge in [-0.1, -0.05) is 15.9 Å². The summed E-state index contributed by atoms with van der Waals surface area (Å²) in [6.45, 7) is 3.34. The Morgan fingerprint density at radius 3 is 2.87 bits per heavy atom. The maximum atomic E-state index is 3.70. The van der Waals surface area contributed by atoms with E-state index in [2.05, 4.69) is 55.5 Å². The van der Waals surface area contributed by atoms with E-state index in [-0.39, 0.29) is 0 Å². The van der Waals surface area contributed by atoms with Crippen LogP contribution in [0.25, 0.3) is 10.9 Å². The highest BCUT2D eigenvalue weighted by molar-refractivity contribution is 9.11. The van der Waals surface area contributed by atoms with Crippen LogP contribution in [0.1, 0.15) is 17.7 Å². The summed E-state index contributed by atoms with van der Waals surface area (Å²) in [5.41, 5.74) is 4.25. The predicted molar refractivity (Wildman–Crippen MR) is 70.4 cm³/mol. The maximum absolute atomic E-state index is 3.70. The number of benzene rings is 1. The molecule has 78 valence electrons. The summed E-state index contributed by atoms with van der Waals surface area (Å²) >= 11 is 7.28. The number of nitrogens with zero attached hydrogens (tertiary/aromatic N) is 1. The summed E-state index contributed by atoms with van der Waals surface area (Å²) in [6, 6.07) is 4.46. The highest BCUT2D eigenvalue weighted by Gasteiger charge is 2.18. The number of rotatable bonds is 0. The largest absolute Gasteiger partial charge is 0.343 e. The van der Waals surface area contributed by atoms with Crippen molar-refractivity contribution >= 4 is 42.8 Å². The Bertz CT molecular complexity index is 554. The van der Waals surface area contributed by atoms with Gasteiger partial charge in [0.2, 0.25) is 0 Å². The van der Waals surface area contributed by atoms with Crippen LogP contribution in [0.2, 0.25) is 0 Å². The first-order chi connectivity index (χ1) is 7.18. The number of hydrogen-bond acceptors (Lipinski definition) is 0. The Balaban J connectivity index is 2.53. The van der Waals surface area contributed by atoms with Gasteiger partial charge in [0.15, 0.2) is 0 Å². The number of hydrogen-bond donors (Lipinski definition) is 0. The van der Waals surface area contributed by atoms with E-state index in [4.69, 9.17) is 0 Å². The predicted octanol–water partition coefficient (Wildman–Crippen LogP) is 4.42. The zero-order chi connectivity index (χ0) is 10.6. The summed E-state index contributed by atoms with van der Waals surface area (Å²) in [5.74, 6) is 0. The van der Waals surface area contributed by atoms with Gasteiger partial charge in [-0.3, -0.25) is 0 Å². The average molecular weight is 329 g/mol. The molecule has 2 heterocycles. The minimum atomic E-state index is 1.16. The van der Waals surface area contributed by atoms with E-state index in [0.717, 1.165) is 6.54 Å². The van der Waals surface area contributed by atoms with Gasteiger partial charge in [-0.05, 0) is 53.4 Å². The van der Waals surface area contributed by atoms with Gasteiger partial charge in [-0.25, -0.2) is 0 Å². The minimum absolute atomic E-state index is 1.16. The van der Waals surface area contributed by atoms with Crippen molar-refractivity contribution in [3.63, 3.8) is 0 Å². The molecule has 2 aromatic rings. The fourth-order valence-corrected chi connectivity index (χ4v) is 3.54. The van der Waals surface area contributed by atoms with Gasteiger partial charge in [-0.15, -0.1) is 0 Å². The van der Waals surface area contributed by atoms with Crippen molar-refractivity contribution in [3.8, 4) is 0 Å². The number of aromatic nitrogens is 1. The second kappa shape index (κ2) is 3.36. The standard InChI is InChI=1S/C12H11Br2N/c1-7-11(14)10-6-9(13)5-8-3-2-4-15(7)12(8)10/h5-6H,2-4H2,1H3. The molecule has 0 aliphatic carbocycles. The molecule has 0 spiro atoms. The third kappa shape index (κ3) is 1.32. The normalized spacial score (nSPS) is 14.9. The van der Waals surface area contributed by atoms with E-state index in [1.807, 2.05) is 0 Å². The number of aryl methyl sites for hydroxylation is 2. The molecule has 0 N–H and O–H groups in total. The quantitative estimate of drug-likeness (QED) is 0.674. The lowest BCUT2D eigenvalue weighted by Crippen LogP contribution is -2.08. The first-order valence-electron chi connectivity index (χ1n) is 5.15. The lowest BCUT2D eigenvalue weighted by Gasteiger charge is -2.17. The van der Waals surface area contributed by atoms with Crippen molar-refractivity contribution in [2.24, 2.45) is 0 Å². The van der Waals surface area contributed by atoms with Crippen LogP contribution in [0, 0.1) is 6.92 Å². The zero-order valence-corrected chi connectivity index (χ0v) is 11.7. The van der Waals surface area contributed by atoms with Gasteiger partial charge in [-0.2, -0.15) is 0 Å². The first kappa shape index (κ1) is 9.91. The summed E-state index contributed by atoms with van der Waals surface area (Å²) < 4.78 is 4.87. The molecular weight excluding hydrogens is 318 g/mol. The summed E-state index contributed by atoms with van der Waals surface area (Å²) in [4.78, 5) is 0. The molecule has 0 unspecified atom stereocenters. The molecular formula is C12H11Br2N. The lowest BCUT2D eigenvalue weighted by atomic mass is 10.0. The topological polar surface area (TPSA) is 4.93 Å². The number of halogens is 2. The highest BCUT2D eigenvalue weighted by Crippen LogP contribution is 2.37. The molecule has 3 heteroatoms. The molecule has 3 rings (SSSR count). The van der Waals surface area contributed by atoms with Crippen molar-refractivity contribution in [3.05, 3.63) is 32.3 Å². The molecule has 0 atom stereocenters. The second-order valence-electron chi connectivity index (χ2n) is 4.12. The third-order valence-corrected chi connectivity index (χ3v) is 4.67. The molecule has 0 bridgehead atoms. The van der Waals surface area contributed by atoms with Crippen molar-refractivity contribution < 1.29 is 0 Å². The molecule has 1 nitrogen and oxygen atoms in total. The van der Waals surface area contributed by atoms with Crippen molar-refractivity contribution in [2.45, 2.75) is 26.3 Å². The van der Waals surface area contributed by atoms with Crippen LogP contribution in [0.5, 0.6) is 0 Å². The van der Waals surface area contributed by atoms with Crippen LogP contribution in [0.15, 0.2) is 21.1 Å². The smallest absolute Gasteiger partial charge is 0.0527 e. The van der Waals surface area contributed by atoms with E-state index in [1.165, 1.54) is 43.9 Å². The molecule has 0 saturated carbocycles. The van der Waals surface area contributed by atoms with E-state index >= 15 is 0 Å². The van der Waals surface area contributed by atoms with Crippen LogP contribution >= 0.6 is 31.9 Å². The Morgan fingerprint density at radius 2 is 2.07 bits per heavy atom. The van der Waals surface area contributed by atoms with Crippen LogP contribution in [0.3, 0.4) is 0 Å². The Labute approximate surface area is 106 Å². The van der Waals surface area contributed by atoms with Gasteiger partial charge in [0.25, 0.3) is 0 Å². The maximum Gasteiger partial charge on any atom is 0.0527 e.